The van der Waals surface area contributed by atoms with Gasteiger partial charge in [0.25, 0.3) is 0 Å². The van der Waals surface area contributed by atoms with E-state index in [1.165, 1.54) is 11.6 Å². The largest absolute Gasteiger partial charge is 0.375 e. The molecule has 0 aromatic heterocycles. The molecule has 0 heterocycles. The van der Waals surface area contributed by atoms with Gasteiger partial charge in [-0.15, -0.1) is 0 Å². The van der Waals surface area contributed by atoms with Crippen LogP contribution in [-0.4, -0.2) is 25.7 Å². The molecule has 0 unspecified atom stereocenters. The van der Waals surface area contributed by atoms with Crippen LogP contribution in [-0.2, 0) is 9.53 Å². The molecule has 1 rings (SSSR count). The molecule has 0 saturated heterocycles. The molecule has 1 aromatic carbocycles. The average Bonchev–Trinajstić information content (AvgIpc) is 2.37. The summed E-state index contributed by atoms with van der Waals surface area (Å²) in [6.45, 7) is 9.17. The van der Waals surface area contributed by atoms with Crippen molar-refractivity contribution in [1.82, 2.24) is 5.32 Å². The summed E-state index contributed by atoms with van der Waals surface area (Å²) >= 11 is 3.47. The number of carbonyl (C=O) groups excluding carboxylic acids is 1. The number of hydrogen-bond donors (Lipinski definition) is 1. The van der Waals surface area contributed by atoms with Gasteiger partial charge < -0.3 is 10.1 Å². The smallest absolute Gasteiger partial charge is 0.244 e. The molecule has 0 fully saturated rings. The van der Waals surface area contributed by atoms with Crippen LogP contribution in [0.4, 0.5) is 0 Å². The molecule has 1 amide bonds. The quantitative estimate of drug-likeness (QED) is 0.470. The summed E-state index contributed by atoms with van der Waals surface area (Å²) in [4.78, 5) is 11.6. The predicted molar refractivity (Wildman–Crippen MR) is 86.6 cm³/mol. The Morgan fingerprint density at radius 3 is 2.90 bits per heavy atom. The number of nitrogens with one attached hydrogen (secondary N) is 1. The number of carbonyl (C=O) groups is 1. The molecule has 0 bridgehead atoms. The monoisotopic (exact) mass is 337 g/mol. The number of hydrogen-bond acceptors (Lipinski definition) is 2. The zero-order valence-corrected chi connectivity index (χ0v) is 13.5. The van der Waals surface area contributed by atoms with Gasteiger partial charge in [-0.1, -0.05) is 40.2 Å². The van der Waals surface area contributed by atoms with Crippen molar-refractivity contribution in [2.75, 3.05) is 19.8 Å². The van der Waals surface area contributed by atoms with Gasteiger partial charge in [-0.2, -0.15) is 0 Å². The first-order chi connectivity index (χ1) is 9.49. The van der Waals surface area contributed by atoms with Crippen molar-refractivity contribution in [3.05, 3.63) is 52.0 Å². The molecule has 1 N–H and O–H groups in total. The topological polar surface area (TPSA) is 38.3 Å². The molecule has 0 radical (unpaired) electrons. The third-order valence-electron chi connectivity index (χ3n) is 2.46. The van der Waals surface area contributed by atoms with E-state index < -0.39 is 0 Å². The highest BCUT2D eigenvalue weighted by molar-refractivity contribution is 9.10. The lowest BCUT2D eigenvalue weighted by molar-refractivity contribution is -0.116. The van der Waals surface area contributed by atoms with Crippen LogP contribution in [0.15, 0.2) is 40.9 Å². The SMILES string of the molecule is C=C(C)COCCNC(=O)/C=C/c1ccc(C)cc1Br. The molecule has 4 heteroatoms. The van der Waals surface area contributed by atoms with Crippen molar-refractivity contribution in [2.45, 2.75) is 13.8 Å². The molecular formula is C16H20BrNO2. The zero-order chi connectivity index (χ0) is 15.0. The number of amides is 1. The highest BCUT2D eigenvalue weighted by Crippen LogP contribution is 2.19. The van der Waals surface area contributed by atoms with E-state index in [0.29, 0.717) is 19.8 Å². The minimum Gasteiger partial charge on any atom is -0.375 e. The first-order valence-electron chi connectivity index (χ1n) is 6.43. The lowest BCUT2D eigenvalue weighted by atomic mass is 10.1. The van der Waals surface area contributed by atoms with E-state index in [2.05, 4.69) is 27.8 Å². The van der Waals surface area contributed by atoms with Gasteiger partial charge in [-0.05, 0) is 37.1 Å². The molecule has 0 aliphatic rings. The highest BCUT2D eigenvalue weighted by Gasteiger charge is 1.98. The minimum atomic E-state index is -0.128. The molecule has 20 heavy (non-hydrogen) atoms. The van der Waals surface area contributed by atoms with E-state index in [9.17, 15) is 4.79 Å². The fourth-order valence-electron chi connectivity index (χ4n) is 1.48. The van der Waals surface area contributed by atoms with Crippen molar-refractivity contribution in [3.8, 4) is 0 Å². The van der Waals surface area contributed by atoms with Gasteiger partial charge >= 0.3 is 0 Å². The molecule has 0 aliphatic heterocycles. The van der Waals surface area contributed by atoms with Crippen molar-refractivity contribution in [3.63, 3.8) is 0 Å². The molecule has 0 saturated carbocycles. The van der Waals surface area contributed by atoms with E-state index in [1.54, 1.807) is 6.08 Å². The number of rotatable bonds is 7. The second kappa shape index (κ2) is 8.72. The van der Waals surface area contributed by atoms with E-state index >= 15 is 0 Å². The number of ether oxygens (including phenoxy) is 1. The van der Waals surface area contributed by atoms with Crippen molar-refractivity contribution in [2.24, 2.45) is 0 Å². The fraction of sp³-hybridized carbons (Fsp3) is 0.312. The van der Waals surface area contributed by atoms with Crippen LogP contribution in [0.25, 0.3) is 6.08 Å². The molecule has 108 valence electrons. The maximum Gasteiger partial charge on any atom is 0.244 e. The molecule has 0 aliphatic carbocycles. The fourth-order valence-corrected chi connectivity index (χ4v) is 2.11. The van der Waals surface area contributed by atoms with E-state index in [0.717, 1.165) is 15.6 Å². The van der Waals surface area contributed by atoms with E-state index in [-0.39, 0.29) is 5.91 Å². The zero-order valence-electron chi connectivity index (χ0n) is 11.9. The first kappa shape index (κ1) is 16.7. The Morgan fingerprint density at radius 2 is 2.25 bits per heavy atom. The number of benzene rings is 1. The maximum atomic E-state index is 11.6. The van der Waals surface area contributed by atoms with Gasteiger partial charge in [-0.3, -0.25) is 4.79 Å². The highest BCUT2D eigenvalue weighted by atomic mass is 79.9. The van der Waals surface area contributed by atoms with Crippen molar-refractivity contribution < 1.29 is 9.53 Å². The van der Waals surface area contributed by atoms with E-state index in [1.807, 2.05) is 32.0 Å². The summed E-state index contributed by atoms with van der Waals surface area (Å²) in [6.07, 6.45) is 3.31. The maximum absolute atomic E-state index is 11.6. The normalized spacial score (nSPS) is 10.8. The predicted octanol–water partition coefficient (Wildman–Crippen LogP) is 3.48. The van der Waals surface area contributed by atoms with Gasteiger partial charge in [0.15, 0.2) is 0 Å². The van der Waals surface area contributed by atoms with Gasteiger partial charge in [0, 0.05) is 17.1 Å². The van der Waals surface area contributed by atoms with Crippen molar-refractivity contribution in [1.29, 1.82) is 0 Å². The lowest BCUT2D eigenvalue weighted by Crippen LogP contribution is -2.25. The van der Waals surface area contributed by atoms with Gasteiger partial charge in [-0.25, -0.2) is 0 Å². The van der Waals surface area contributed by atoms with E-state index in [4.69, 9.17) is 4.74 Å². The Morgan fingerprint density at radius 1 is 1.50 bits per heavy atom. The summed E-state index contributed by atoms with van der Waals surface area (Å²) in [7, 11) is 0. The average molecular weight is 338 g/mol. The molecule has 3 nitrogen and oxygen atoms in total. The van der Waals surface area contributed by atoms with Crippen LogP contribution in [0.3, 0.4) is 0 Å². The lowest BCUT2D eigenvalue weighted by Gasteiger charge is -2.04. The second-order valence-electron chi connectivity index (χ2n) is 4.66. The minimum absolute atomic E-state index is 0.128. The Labute approximate surface area is 128 Å². The van der Waals surface area contributed by atoms with Crippen LogP contribution in [0.2, 0.25) is 0 Å². The standard InChI is InChI=1S/C16H20BrNO2/c1-12(2)11-20-9-8-18-16(19)7-6-14-5-4-13(3)10-15(14)17/h4-7,10H,1,8-9,11H2,2-3H3,(H,18,19)/b7-6+. The Kier molecular flexibility index (Phi) is 7.26. The Hall–Kier alpha value is -1.39. The molecular weight excluding hydrogens is 318 g/mol. The van der Waals surface area contributed by atoms with Crippen LogP contribution >= 0.6 is 15.9 Å². The summed E-state index contributed by atoms with van der Waals surface area (Å²) in [5.41, 5.74) is 3.12. The summed E-state index contributed by atoms with van der Waals surface area (Å²) in [6, 6.07) is 6.00. The summed E-state index contributed by atoms with van der Waals surface area (Å²) in [5.74, 6) is -0.128. The molecule has 0 spiro atoms. The molecule has 0 atom stereocenters. The summed E-state index contributed by atoms with van der Waals surface area (Å²) < 4.78 is 6.27. The van der Waals surface area contributed by atoms with Crippen LogP contribution < -0.4 is 5.32 Å². The second-order valence-corrected chi connectivity index (χ2v) is 5.51. The third kappa shape index (κ3) is 6.68. The number of halogens is 1. The van der Waals surface area contributed by atoms with Crippen LogP contribution in [0, 0.1) is 6.92 Å². The molecule has 1 aromatic rings. The first-order valence-corrected chi connectivity index (χ1v) is 7.22. The van der Waals surface area contributed by atoms with Gasteiger partial charge in [0.05, 0.1) is 13.2 Å². The third-order valence-corrected chi connectivity index (χ3v) is 3.15. The number of aryl methyl sites for hydroxylation is 1. The van der Waals surface area contributed by atoms with Crippen LogP contribution in [0.1, 0.15) is 18.1 Å². The van der Waals surface area contributed by atoms with Crippen LogP contribution in [0.5, 0.6) is 0 Å². The Bertz CT molecular complexity index is 509. The Balaban J connectivity index is 2.34. The van der Waals surface area contributed by atoms with Crippen molar-refractivity contribution >= 4 is 27.9 Å². The van der Waals surface area contributed by atoms with Gasteiger partial charge in [0.2, 0.25) is 5.91 Å². The summed E-state index contributed by atoms with van der Waals surface area (Å²) in [5, 5.41) is 2.76. The van der Waals surface area contributed by atoms with Gasteiger partial charge in [0.1, 0.15) is 0 Å².